The van der Waals surface area contributed by atoms with Crippen molar-refractivity contribution in [3.05, 3.63) is 199 Å². The molecule has 0 bridgehead atoms. The number of rotatable bonds is 30. The highest BCUT2D eigenvalue weighted by Crippen LogP contribution is 2.51. The molecule has 2 heterocycles. The fraction of sp³-hybridized carbons (Fsp3) is 0.486. The minimum Gasteiger partial charge on any atom is -0.497 e. The molecule has 2 aliphatic heterocycles. The third-order valence-electron chi connectivity index (χ3n) is 18.0. The maximum absolute atomic E-state index is 7.65. The van der Waals surface area contributed by atoms with Crippen molar-refractivity contribution < 1.29 is 46.7 Å². The molecule has 2 fully saturated rings. The van der Waals surface area contributed by atoms with Crippen LogP contribution in [0.25, 0.3) is 0 Å². The zero-order chi connectivity index (χ0) is 62.2. The minimum atomic E-state index is -2.85. The lowest BCUT2D eigenvalue weighted by Gasteiger charge is -2.56. The Balaban J connectivity index is 1.11. The van der Waals surface area contributed by atoms with Crippen LogP contribution in [0.3, 0.4) is 0 Å². The fourth-order valence-corrected chi connectivity index (χ4v) is 23.0. The molecule has 6 aromatic carbocycles. The van der Waals surface area contributed by atoms with E-state index in [2.05, 4.69) is 239 Å². The van der Waals surface area contributed by atoms with Gasteiger partial charge in [-0.15, -0.1) is 0 Å². The van der Waals surface area contributed by atoms with Crippen molar-refractivity contribution in [1.29, 1.82) is 0 Å². The summed E-state index contributed by atoms with van der Waals surface area (Å²) in [6, 6.07) is 63.0. The summed E-state index contributed by atoms with van der Waals surface area (Å²) in [5.41, 5.74) is 2.79. The van der Waals surface area contributed by atoms with Gasteiger partial charge < -0.3 is 46.7 Å². The molecule has 0 amide bonds. The van der Waals surface area contributed by atoms with Gasteiger partial charge in [0.1, 0.15) is 12.5 Å². The third-order valence-corrected chi connectivity index (χ3v) is 29.8. The second kappa shape index (κ2) is 30.8. The lowest BCUT2D eigenvalue weighted by atomic mass is 9.70. The van der Waals surface area contributed by atoms with E-state index in [1.165, 1.54) is 26.3 Å². The van der Waals surface area contributed by atoms with E-state index >= 15 is 0 Å². The van der Waals surface area contributed by atoms with Crippen LogP contribution in [0.15, 0.2) is 188 Å². The Morgan fingerprint density at radius 1 is 0.586 bits per heavy atom. The second-order valence-electron chi connectivity index (χ2n) is 27.8. The quantitative estimate of drug-likeness (QED) is 0.0188. The average Bonchev–Trinajstić information content (AvgIpc) is 0.894. The molecule has 13 heteroatoms. The molecule has 0 aliphatic carbocycles. The summed E-state index contributed by atoms with van der Waals surface area (Å²) in [5, 5.41) is 4.65. The molecule has 2 saturated heterocycles. The van der Waals surface area contributed by atoms with E-state index in [0.29, 0.717) is 78.2 Å². The number of hydrogen-bond acceptors (Lipinski definition) is 10. The van der Waals surface area contributed by atoms with Gasteiger partial charge in [0.25, 0.3) is 16.6 Å². The Labute approximate surface area is 525 Å². The fourth-order valence-electron chi connectivity index (χ4n) is 13.2. The van der Waals surface area contributed by atoms with Crippen molar-refractivity contribution in [2.24, 2.45) is 5.41 Å². The molecular weight excluding hydrogens is 1130 g/mol. The number of benzene rings is 6. The molecular formula is C74H102O10Si3. The predicted molar refractivity (Wildman–Crippen MR) is 362 cm³/mol. The van der Waals surface area contributed by atoms with Crippen molar-refractivity contribution in [2.45, 2.75) is 179 Å². The van der Waals surface area contributed by atoms with Crippen molar-refractivity contribution in [2.75, 3.05) is 47.4 Å². The van der Waals surface area contributed by atoms with E-state index in [1.54, 1.807) is 14.2 Å². The van der Waals surface area contributed by atoms with Crippen LogP contribution in [0.1, 0.15) is 105 Å². The molecule has 0 radical (unpaired) electrons. The maximum atomic E-state index is 7.65. The number of ether oxygens (including phenoxy) is 8. The molecule has 470 valence electrons. The summed E-state index contributed by atoms with van der Waals surface area (Å²) in [6.45, 7) is 28.7. The van der Waals surface area contributed by atoms with Gasteiger partial charge in [0.05, 0.1) is 64.1 Å². The first-order valence-corrected chi connectivity index (χ1v) is 39.3. The van der Waals surface area contributed by atoms with Gasteiger partial charge in [-0.3, -0.25) is 0 Å². The molecule has 0 spiro atoms. The zero-order valence-electron chi connectivity index (χ0n) is 54.7. The van der Waals surface area contributed by atoms with Crippen molar-refractivity contribution in [1.82, 2.24) is 0 Å². The van der Waals surface area contributed by atoms with Gasteiger partial charge in [-0.25, -0.2) is 0 Å². The summed E-state index contributed by atoms with van der Waals surface area (Å²) in [4.78, 5) is 0. The van der Waals surface area contributed by atoms with Crippen LogP contribution in [0.2, 0.25) is 35.8 Å². The lowest BCUT2D eigenvalue weighted by molar-refractivity contribution is -0.364. The van der Waals surface area contributed by atoms with E-state index in [9.17, 15) is 0 Å². The Kier molecular flexibility index (Phi) is 24.1. The van der Waals surface area contributed by atoms with Crippen LogP contribution in [0.4, 0.5) is 0 Å². The van der Waals surface area contributed by atoms with Gasteiger partial charge in [-0.1, -0.05) is 250 Å². The number of methoxy groups -OCH3 is 2. The van der Waals surface area contributed by atoms with Crippen molar-refractivity contribution in [3.63, 3.8) is 0 Å². The Hall–Kier alpha value is -4.85. The van der Waals surface area contributed by atoms with Gasteiger partial charge in [0, 0.05) is 53.1 Å². The van der Waals surface area contributed by atoms with Crippen LogP contribution in [0, 0.1) is 5.41 Å². The van der Waals surface area contributed by atoms with E-state index in [4.69, 9.17) is 46.7 Å². The topological polar surface area (TPSA) is 92.3 Å². The summed E-state index contributed by atoms with van der Waals surface area (Å²) < 4.78 is 69.2. The Morgan fingerprint density at radius 2 is 1.09 bits per heavy atom. The predicted octanol–water partition coefficient (Wildman–Crippen LogP) is 14.4. The molecule has 6 atom stereocenters. The molecule has 0 aromatic heterocycles. The van der Waals surface area contributed by atoms with Gasteiger partial charge in [-0.2, -0.15) is 0 Å². The largest absolute Gasteiger partial charge is 0.497 e. The summed E-state index contributed by atoms with van der Waals surface area (Å²) in [6.07, 6.45) is 4.60. The molecule has 2 aliphatic rings. The molecule has 0 unspecified atom stereocenters. The number of hydrogen-bond donors (Lipinski definition) is 0. The highest BCUT2D eigenvalue weighted by molar-refractivity contribution is 7.00. The maximum Gasteiger partial charge on any atom is 0.261 e. The van der Waals surface area contributed by atoms with Crippen LogP contribution >= 0.6 is 0 Å². The Bertz CT molecular complexity index is 2900. The zero-order valence-corrected chi connectivity index (χ0v) is 57.7. The van der Waals surface area contributed by atoms with Crippen molar-refractivity contribution >= 4 is 45.5 Å². The average molecular weight is 1240 g/mol. The summed E-state index contributed by atoms with van der Waals surface area (Å²) in [7, 11) is -3.54. The highest BCUT2D eigenvalue weighted by Gasteiger charge is 2.59. The Morgan fingerprint density at radius 3 is 1.60 bits per heavy atom. The lowest BCUT2D eigenvalue weighted by Crippen LogP contribution is -2.66. The molecule has 10 nitrogen and oxygen atoms in total. The SMILES string of the molecule is COc1ccc(COC[C@H]2C/C(=C\CO[Si](c3ccccc3)(c3ccccc3)C(C)(C)C)C[C@@H](C[C@]3(OC)O[C@H](C[C@@H](CCO[Si](c4ccccc4)(c4ccccc4)C(C)(C)C)OCOCC[Si](C)(C)C)C[C@H](OCc4ccccc4)C3(C)C)O2)cc1. The molecule has 0 N–H and O–H groups in total. The van der Waals surface area contributed by atoms with E-state index < -0.39 is 35.9 Å². The normalized spacial score (nSPS) is 21.2. The molecule has 6 aromatic rings. The molecule has 8 rings (SSSR count). The second-order valence-corrected chi connectivity index (χ2v) is 42.0. The monoisotopic (exact) mass is 1230 g/mol. The summed E-state index contributed by atoms with van der Waals surface area (Å²) in [5.74, 6) is -0.332. The van der Waals surface area contributed by atoms with Crippen molar-refractivity contribution in [3.8, 4) is 5.75 Å². The van der Waals surface area contributed by atoms with Gasteiger partial charge >= 0.3 is 0 Å². The van der Waals surface area contributed by atoms with Crippen LogP contribution in [-0.2, 0) is 55.2 Å². The highest BCUT2D eigenvalue weighted by atomic mass is 28.4. The van der Waals surface area contributed by atoms with Crippen LogP contribution in [0.5, 0.6) is 5.75 Å². The minimum absolute atomic E-state index is 0.171. The molecule has 87 heavy (non-hydrogen) atoms. The van der Waals surface area contributed by atoms with E-state index in [1.807, 2.05) is 18.2 Å². The first-order chi connectivity index (χ1) is 41.6. The van der Waals surface area contributed by atoms with Gasteiger partial charge in [0.2, 0.25) is 0 Å². The van der Waals surface area contributed by atoms with Crippen LogP contribution < -0.4 is 25.5 Å². The first kappa shape index (κ1) is 68.1. The third kappa shape index (κ3) is 17.4. The standard InChI is InChI=1S/C74H102O10Si3/c1-71(2,3)86(66-31-21-15-22-32-66,67-33-23-16-24-34-67)81-45-43-60-49-64(83-65(50-60)56-78-54-59-39-41-61(75-9)42-40-59)53-74(76-10)73(7,8)70(79-55-58-29-19-14-20-30-58)52-63(84-74)51-62(80-57-77-47-48-85(11,12)13)44-46-82-87(72(4,5)6,68-35-25-17-26-36-68)69-37-27-18-28-38-69/h14-43,62-65,70H,44-57H2,1-13H3/b60-43-/t62-,63-,64+,65-,70+,74+/m1/s1. The van der Waals surface area contributed by atoms with Gasteiger partial charge in [-0.05, 0) is 79.4 Å². The van der Waals surface area contributed by atoms with Gasteiger partial charge in [0.15, 0.2) is 5.79 Å². The van der Waals surface area contributed by atoms with Crippen LogP contribution in [-0.4, -0.2) is 108 Å². The smallest absolute Gasteiger partial charge is 0.261 e. The van der Waals surface area contributed by atoms with E-state index in [0.717, 1.165) is 22.9 Å². The molecule has 0 saturated carbocycles. The summed E-state index contributed by atoms with van der Waals surface area (Å²) >= 11 is 0. The van der Waals surface area contributed by atoms with E-state index in [-0.39, 0.29) is 47.4 Å². The first-order valence-electron chi connectivity index (χ1n) is 31.7.